The lowest BCUT2D eigenvalue weighted by Crippen LogP contribution is -2.34. The summed E-state index contributed by atoms with van der Waals surface area (Å²) in [5, 5.41) is 0. The van der Waals surface area contributed by atoms with E-state index < -0.39 is 0 Å². The Morgan fingerprint density at radius 1 is 1.17 bits per heavy atom. The fourth-order valence-corrected chi connectivity index (χ4v) is 2.81. The molecule has 1 aliphatic rings. The van der Waals surface area contributed by atoms with Crippen molar-refractivity contribution in [1.29, 1.82) is 0 Å². The van der Waals surface area contributed by atoms with Crippen molar-refractivity contribution in [2.75, 3.05) is 13.1 Å². The van der Waals surface area contributed by atoms with E-state index in [0.717, 1.165) is 37.2 Å². The van der Waals surface area contributed by atoms with Crippen LogP contribution >= 0.6 is 0 Å². The van der Waals surface area contributed by atoms with Crippen LogP contribution < -0.4 is 4.74 Å². The third-order valence-electron chi connectivity index (χ3n) is 3.80. The van der Waals surface area contributed by atoms with Gasteiger partial charge in [0, 0.05) is 24.7 Å². The Balaban J connectivity index is 2.02. The number of likely N-dealkylation sites (tertiary alicyclic amines) is 1. The standard InChI is InChI=1S/C20H29NO3/c1-16(24-20(2,3)4)23-18-11-7-6-10-17(18)12-13-19(22)21-14-8-5-9-15-21/h6-7,10-13,16H,5,8-9,14-15H2,1-4H3/b13-12+. The number of hydrogen-bond acceptors (Lipinski definition) is 3. The molecule has 0 saturated carbocycles. The molecule has 1 saturated heterocycles. The summed E-state index contributed by atoms with van der Waals surface area (Å²) in [5.74, 6) is 0.792. The molecule has 1 aromatic rings. The van der Waals surface area contributed by atoms with Crippen LogP contribution in [0.15, 0.2) is 30.3 Å². The molecule has 1 unspecified atom stereocenters. The van der Waals surface area contributed by atoms with E-state index in [9.17, 15) is 4.79 Å². The van der Waals surface area contributed by atoms with Gasteiger partial charge in [0.15, 0.2) is 6.29 Å². The zero-order chi connectivity index (χ0) is 17.6. The van der Waals surface area contributed by atoms with E-state index in [1.807, 2.05) is 62.9 Å². The maximum Gasteiger partial charge on any atom is 0.246 e. The van der Waals surface area contributed by atoms with Crippen LogP contribution in [0.3, 0.4) is 0 Å². The number of carbonyl (C=O) groups is 1. The third kappa shape index (κ3) is 6.00. The molecule has 4 heteroatoms. The molecule has 0 aromatic heterocycles. The first-order valence-corrected chi connectivity index (χ1v) is 8.76. The van der Waals surface area contributed by atoms with Gasteiger partial charge in [-0.05, 0) is 59.1 Å². The van der Waals surface area contributed by atoms with E-state index in [0.29, 0.717) is 0 Å². The molecule has 1 amide bonds. The molecular formula is C20H29NO3. The summed E-state index contributed by atoms with van der Waals surface area (Å²) >= 11 is 0. The number of rotatable bonds is 5. The smallest absolute Gasteiger partial charge is 0.246 e. The predicted molar refractivity (Wildman–Crippen MR) is 96.8 cm³/mol. The van der Waals surface area contributed by atoms with Crippen molar-refractivity contribution in [3.63, 3.8) is 0 Å². The highest BCUT2D eigenvalue weighted by molar-refractivity contribution is 5.92. The first-order valence-electron chi connectivity index (χ1n) is 8.76. The molecule has 1 fully saturated rings. The summed E-state index contributed by atoms with van der Waals surface area (Å²) in [4.78, 5) is 14.2. The molecule has 0 radical (unpaired) electrons. The number of hydrogen-bond donors (Lipinski definition) is 0. The van der Waals surface area contributed by atoms with Crippen molar-refractivity contribution in [2.24, 2.45) is 0 Å². The molecule has 1 heterocycles. The fraction of sp³-hybridized carbons (Fsp3) is 0.550. The van der Waals surface area contributed by atoms with E-state index in [-0.39, 0.29) is 17.8 Å². The van der Waals surface area contributed by atoms with Crippen molar-refractivity contribution >= 4 is 12.0 Å². The number of nitrogens with zero attached hydrogens (tertiary/aromatic N) is 1. The molecule has 1 aromatic carbocycles. The average molecular weight is 331 g/mol. The zero-order valence-corrected chi connectivity index (χ0v) is 15.2. The van der Waals surface area contributed by atoms with Crippen molar-refractivity contribution in [3.05, 3.63) is 35.9 Å². The van der Waals surface area contributed by atoms with Gasteiger partial charge in [-0.1, -0.05) is 18.2 Å². The van der Waals surface area contributed by atoms with E-state index in [2.05, 4.69) is 0 Å². The largest absolute Gasteiger partial charge is 0.465 e. The molecule has 2 rings (SSSR count). The van der Waals surface area contributed by atoms with Gasteiger partial charge in [0.1, 0.15) is 5.75 Å². The fourth-order valence-electron chi connectivity index (χ4n) is 2.81. The number of benzene rings is 1. The summed E-state index contributed by atoms with van der Waals surface area (Å²) < 4.78 is 11.7. The van der Waals surface area contributed by atoms with Gasteiger partial charge in [-0.3, -0.25) is 4.79 Å². The summed E-state index contributed by atoms with van der Waals surface area (Å²) in [5.41, 5.74) is 0.612. The van der Waals surface area contributed by atoms with Crippen LogP contribution in [-0.2, 0) is 9.53 Å². The monoisotopic (exact) mass is 331 g/mol. The number of para-hydroxylation sites is 1. The lowest BCUT2D eigenvalue weighted by Gasteiger charge is -2.26. The van der Waals surface area contributed by atoms with E-state index >= 15 is 0 Å². The summed E-state index contributed by atoms with van der Waals surface area (Å²) in [6.07, 6.45) is 6.52. The molecule has 4 nitrogen and oxygen atoms in total. The quantitative estimate of drug-likeness (QED) is 0.598. The Hall–Kier alpha value is -1.81. The summed E-state index contributed by atoms with van der Waals surface area (Å²) in [7, 11) is 0. The highest BCUT2D eigenvalue weighted by atomic mass is 16.7. The number of carbonyl (C=O) groups excluding carboxylic acids is 1. The van der Waals surface area contributed by atoms with Gasteiger partial charge < -0.3 is 14.4 Å². The third-order valence-corrected chi connectivity index (χ3v) is 3.80. The summed E-state index contributed by atoms with van der Waals surface area (Å²) in [6, 6.07) is 7.70. The molecular weight excluding hydrogens is 302 g/mol. The molecule has 0 N–H and O–H groups in total. The van der Waals surface area contributed by atoms with Crippen LogP contribution in [0.5, 0.6) is 5.75 Å². The highest BCUT2D eigenvalue weighted by Crippen LogP contribution is 2.23. The van der Waals surface area contributed by atoms with Gasteiger partial charge in [-0.25, -0.2) is 0 Å². The Morgan fingerprint density at radius 2 is 1.83 bits per heavy atom. The molecule has 24 heavy (non-hydrogen) atoms. The Bertz CT molecular complexity index is 568. The van der Waals surface area contributed by atoms with Gasteiger partial charge in [-0.15, -0.1) is 0 Å². The second-order valence-electron chi connectivity index (χ2n) is 7.17. The van der Waals surface area contributed by atoms with Crippen LogP contribution in [0.2, 0.25) is 0 Å². The molecule has 1 aliphatic heterocycles. The predicted octanol–water partition coefficient (Wildman–Crippen LogP) is 4.25. The van der Waals surface area contributed by atoms with Crippen molar-refractivity contribution in [3.8, 4) is 5.75 Å². The average Bonchev–Trinajstić information content (AvgIpc) is 2.53. The van der Waals surface area contributed by atoms with Crippen LogP contribution in [0.4, 0.5) is 0 Å². The molecule has 0 spiro atoms. The van der Waals surface area contributed by atoms with E-state index in [1.54, 1.807) is 6.08 Å². The first-order chi connectivity index (χ1) is 11.3. The molecule has 1 atom stereocenters. The molecule has 0 bridgehead atoms. The Morgan fingerprint density at radius 3 is 2.50 bits per heavy atom. The normalized spacial score (nSPS) is 17.1. The van der Waals surface area contributed by atoms with Gasteiger partial charge in [0.2, 0.25) is 5.91 Å². The lowest BCUT2D eigenvalue weighted by atomic mass is 10.1. The summed E-state index contributed by atoms with van der Waals surface area (Å²) in [6.45, 7) is 9.59. The van der Waals surface area contributed by atoms with Gasteiger partial charge >= 0.3 is 0 Å². The van der Waals surface area contributed by atoms with Crippen molar-refractivity contribution in [2.45, 2.75) is 58.8 Å². The molecule has 0 aliphatic carbocycles. The SMILES string of the molecule is CC(Oc1ccccc1/C=C/C(=O)N1CCCCC1)OC(C)(C)C. The van der Waals surface area contributed by atoms with E-state index in [4.69, 9.17) is 9.47 Å². The molecule has 132 valence electrons. The first kappa shape index (κ1) is 18.5. The van der Waals surface area contributed by atoms with Crippen molar-refractivity contribution < 1.29 is 14.3 Å². The minimum absolute atomic E-state index is 0.0727. The van der Waals surface area contributed by atoms with Crippen LogP contribution in [0, 0.1) is 0 Å². The maximum absolute atomic E-state index is 12.3. The Kier molecular flexibility index (Phi) is 6.44. The van der Waals surface area contributed by atoms with Crippen LogP contribution in [0.1, 0.15) is 52.5 Å². The lowest BCUT2D eigenvalue weighted by molar-refractivity contribution is -0.140. The number of ether oxygens (including phenoxy) is 2. The highest BCUT2D eigenvalue weighted by Gasteiger charge is 2.17. The number of piperidine rings is 1. The topological polar surface area (TPSA) is 38.8 Å². The second kappa shape index (κ2) is 8.34. The van der Waals surface area contributed by atoms with Gasteiger partial charge in [0.25, 0.3) is 0 Å². The minimum Gasteiger partial charge on any atom is -0.465 e. The van der Waals surface area contributed by atoms with Gasteiger partial charge in [0.05, 0.1) is 5.60 Å². The van der Waals surface area contributed by atoms with Crippen molar-refractivity contribution in [1.82, 2.24) is 4.90 Å². The zero-order valence-electron chi connectivity index (χ0n) is 15.2. The van der Waals surface area contributed by atoms with Crippen LogP contribution in [-0.4, -0.2) is 35.8 Å². The van der Waals surface area contributed by atoms with Crippen LogP contribution in [0.25, 0.3) is 6.08 Å². The van der Waals surface area contributed by atoms with E-state index in [1.165, 1.54) is 6.42 Å². The maximum atomic E-state index is 12.3. The minimum atomic E-state index is -0.364. The second-order valence-corrected chi connectivity index (χ2v) is 7.17. The Labute approximate surface area is 145 Å². The number of amides is 1. The van der Waals surface area contributed by atoms with Gasteiger partial charge in [-0.2, -0.15) is 0 Å².